The Bertz CT molecular complexity index is 504. The molecule has 0 aliphatic carbocycles. The Labute approximate surface area is 118 Å². The monoisotopic (exact) mass is 276 g/mol. The lowest BCUT2D eigenvalue weighted by Gasteiger charge is -2.16. The molecule has 1 aliphatic rings. The van der Waals surface area contributed by atoms with E-state index in [9.17, 15) is 9.59 Å². The maximum atomic E-state index is 12.0. The van der Waals surface area contributed by atoms with Crippen LogP contribution in [0.15, 0.2) is 24.3 Å². The van der Waals surface area contributed by atoms with Gasteiger partial charge in [0.2, 0.25) is 5.91 Å². The van der Waals surface area contributed by atoms with Gasteiger partial charge >= 0.3 is 6.03 Å². The molecule has 3 amide bonds. The first-order chi connectivity index (χ1) is 9.61. The van der Waals surface area contributed by atoms with E-state index in [4.69, 9.17) is 0 Å². The number of nitrogens with one attached hydrogen (secondary N) is 3. The summed E-state index contributed by atoms with van der Waals surface area (Å²) in [6.07, 6.45) is 0. The van der Waals surface area contributed by atoms with Crippen LogP contribution in [0.4, 0.5) is 16.2 Å². The number of hydrogen-bond acceptors (Lipinski definition) is 3. The fourth-order valence-electron chi connectivity index (χ4n) is 2.13. The molecule has 108 valence electrons. The van der Waals surface area contributed by atoms with E-state index in [-0.39, 0.29) is 17.9 Å². The molecule has 2 rings (SSSR count). The van der Waals surface area contributed by atoms with Gasteiger partial charge in [-0.05, 0) is 25.2 Å². The van der Waals surface area contributed by atoms with E-state index in [2.05, 4.69) is 16.0 Å². The Kier molecular flexibility index (Phi) is 4.57. The average molecular weight is 276 g/mol. The molecule has 1 aliphatic heterocycles. The van der Waals surface area contributed by atoms with E-state index in [1.54, 1.807) is 4.90 Å². The van der Waals surface area contributed by atoms with Crippen LogP contribution in [0.1, 0.15) is 6.92 Å². The lowest BCUT2D eigenvalue weighted by Crippen LogP contribution is -2.29. The second-order valence-electron chi connectivity index (χ2n) is 4.88. The van der Waals surface area contributed by atoms with Crippen LogP contribution >= 0.6 is 0 Å². The number of carbonyl (C=O) groups excluding carboxylic acids is 2. The third-order valence-corrected chi connectivity index (χ3v) is 3.24. The zero-order valence-corrected chi connectivity index (χ0v) is 11.8. The summed E-state index contributed by atoms with van der Waals surface area (Å²) >= 11 is 0. The minimum Gasteiger partial charge on any atom is -0.336 e. The van der Waals surface area contributed by atoms with Crippen molar-refractivity contribution in [3.8, 4) is 0 Å². The van der Waals surface area contributed by atoms with Gasteiger partial charge in [-0.25, -0.2) is 4.79 Å². The number of urea groups is 1. The molecule has 0 saturated carbocycles. The van der Waals surface area contributed by atoms with Gasteiger partial charge in [0.1, 0.15) is 0 Å². The number of nitrogens with zero attached hydrogens (tertiary/aromatic N) is 1. The molecule has 0 spiro atoms. The van der Waals surface area contributed by atoms with Crippen molar-refractivity contribution in [1.29, 1.82) is 0 Å². The lowest BCUT2D eigenvalue weighted by atomic mass is 10.1. The highest BCUT2D eigenvalue weighted by molar-refractivity contribution is 5.96. The molecule has 1 saturated heterocycles. The van der Waals surface area contributed by atoms with E-state index in [0.717, 1.165) is 5.69 Å². The van der Waals surface area contributed by atoms with Crippen molar-refractivity contribution in [1.82, 2.24) is 10.6 Å². The number of carbonyl (C=O) groups is 2. The number of benzene rings is 1. The van der Waals surface area contributed by atoms with Gasteiger partial charge in [0.15, 0.2) is 0 Å². The van der Waals surface area contributed by atoms with E-state index in [0.29, 0.717) is 25.3 Å². The topological polar surface area (TPSA) is 73.5 Å². The molecule has 3 N–H and O–H groups in total. The maximum Gasteiger partial charge on any atom is 0.321 e. The number of amides is 3. The second-order valence-corrected chi connectivity index (χ2v) is 4.88. The Balaban J connectivity index is 2.06. The van der Waals surface area contributed by atoms with Crippen LogP contribution in [-0.4, -0.2) is 38.6 Å². The van der Waals surface area contributed by atoms with Gasteiger partial charge in [-0.2, -0.15) is 0 Å². The number of anilines is 2. The van der Waals surface area contributed by atoms with Crippen LogP contribution in [0.5, 0.6) is 0 Å². The molecular weight excluding hydrogens is 256 g/mol. The van der Waals surface area contributed by atoms with Crippen molar-refractivity contribution in [3.05, 3.63) is 24.3 Å². The van der Waals surface area contributed by atoms with Crippen LogP contribution in [0.3, 0.4) is 0 Å². The summed E-state index contributed by atoms with van der Waals surface area (Å²) in [5.74, 6) is -0.152. The van der Waals surface area contributed by atoms with Crippen LogP contribution in [-0.2, 0) is 4.79 Å². The zero-order valence-electron chi connectivity index (χ0n) is 11.8. The highest BCUT2D eigenvalue weighted by atomic mass is 16.2. The molecule has 1 aromatic carbocycles. The van der Waals surface area contributed by atoms with E-state index >= 15 is 0 Å². The minimum atomic E-state index is -0.112. The van der Waals surface area contributed by atoms with E-state index in [1.807, 2.05) is 38.2 Å². The third kappa shape index (κ3) is 3.27. The van der Waals surface area contributed by atoms with Crippen molar-refractivity contribution in [2.75, 3.05) is 36.9 Å². The molecule has 1 aromatic rings. The van der Waals surface area contributed by atoms with Crippen molar-refractivity contribution in [2.45, 2.75) is 6.92 Å². The van der Waals surface area contributed by atoms with Gasteiger partial charge in [0.25, 0.3) is 0 Å². The summed E-state index contributed by atoms with van der Waals surface area (Å²) in [6.45, 7) is 3.78. The SMILES string of the molecule is CNCC(C)C(=O)Nc1cccc(N2CCNC2=O)c1. The molecule has 1 heterocycles. The Morgan fingerprint density at radius 1 is 1.50 bits per heavy atom. The highest BCUT2D eigenvalue weighted by Gasteiger charge is 2.21. The zero-order chi connectivity index (χ0) is 14.5. The molecule has 6 heteroatoms. The van der Waals surface area contributed by atoms with Crippen LogP contribution < -0.4 is 20.9 Å². The van der Waals surface area contributed by atoms with E-state index < -0.39 is 0 Å². The normalized spacial score (nSPS) is 15.9. The molecular formula is C14H20N4O2. The second kappa shape index (κ2) is 6.38. The minimum absolute atomic E-state index is 0.0395. The molecule has 0 aromatic heterocycles. The average Bonchev–Trinajstić information content (AvgIpc) is 2.85. The predicted octanol–water partition coefficient (Wildman–Crippen LogP) is 1.01. The molecule has 1 atom stereocenters. The quantitative estimate of drug-likeness (QED) is 0.751. The standard InChI is InChI=1S/C14H20N4O2/c1-10(9-15-2)13(19)17-11-4-3-5-12(8-11)18-7-6-16-14(18)20/h3-5,8,10,15H,6-7,9H2,1-2H3,(H,16,20)(H,17,19). The number of rotatable bonds is 5. The van der Waals surface area contributed by atoms with Crippen molar-refractivity contribution in [2.24, 2.45) is 5.92 Å². The molecule has 1 unspecified atom stereocenters. The molecule has 0 radical (unpaired) electrons. The third-order valence-electron chi connectivity index (χ3n) is 3.24. The van der Waals surface area contributed by atoms with Gasteiger partial charge in [-0.15, -0.1) is 0 Å². The van der Waals surface area contributed by atoms with Crippen molar-refractivity contribution in [3.63, 3.8) is 0 Å². The first-order valence-electron chi connectivity index (χ1n) is 6.72. The number of hydrogen-bond donors (Lipinski definition) is 3. The molecule has 20 heavy (non-hydrogen) atoms. The molecule has 1 fully saturated rings. The van der Waals surface area contributed by atoms with Crippen molar-refractivity contribution < 1.29 is 9.59 Å². The lowest BCUT2D eigenvalue weighted by molar-refractivity contribution is -0.119. The Hall–Kier alpha value is -2.08. The summed E-state index contributed by atoms with van der Waals surface area (Å²) in [5, 5.41) is 8.60. The summed E-state index contributed by atoms with van der Waals surface area (Å²) in [5.41, 5.74) is 1.49. The summed E-state index contributed by atoms with van der Waals surface area (Å²) < 4.78 is 0. The van der Waals surface area contributed by atoms with Gasteiger partial charge in [0.05, 0.1) is 0 Å². The van der Waals surface area contributed by atoms with Crippen molar-refractivity contribution >= 4 is 23.3 Å². The van der Waals surface area contributed by atoms with Crippen LogP contribution in [0.25, 0.3) is 0 Å². The van der Waals surface area contributed by atoms with Gasteiger partial charge in [-0.1, -0.05) is 13.0 Å². The van der Waals surface area contributed by atoms with Gasteiger partial charge in [-0.3, -0.25) is 9.69 Å². The van der Waals surface area contributed by atoms with Gasteiger partial charge < -0.3 is 16.0 Å². The largest absolute Gasteiger partial charge is 0.336 e. The summed E-state index contributed by atoms with van der Waals surface area (Å²) in [4.78, 5) is 25.2. The highest BCUT2D eigenvalue weighted by Crippen LogP contribution is 2.21. The smallest absolute Gasteiger partial charge is 0.321 e. The first kappa shape index (κ1) is 14.3. The molecule has 6 nitrogen and oxygen atoms in total. The van der Waals surface area contributed by atoms with Crippen LogP contribution in [0, 0.1) is 5.92 Å². The fraction of sp³-hybridized carbons (Fsp3) is 0.429. The Morgan fingerprint density at radius 2 is 2.30 bits per heavy atom. The Morgan fingerprint density at radius 3 is 2.95 bits per heavy atom. The maximum absolute atomic E-state index is 12.0. The molecule has 0 bridgehead atoms. The van der Waals surface area contributed by atoms with E-state index in [1.165, 1.54) is 0 Å². The summed E-state index contributed by atoms with van der Waals surface area (Å²) in [6, 6.07) is 7.23. The van der Waals surface area contributed by atoms with Gasteiger partial charge in [0, 0.05) is 36.9 Å². The summed E-state index contributed by atoms with van der Waals surface area (Å²) in [7, 11) is 1.82. The van der Waals surface area contributed by atoms with Crippen LogP contribution in [0.2, 0.25) is 0 Å². The fourth-order valence-corrected chi connectivity index (χ4v) is 2.13. The predicted molar refractivity (Wildman–Crippen MR) is 78.9 cm³/mol. The first-order valence-corrected chi connectivity index (χ1v) is 6.72.